The van der Waals surface area contributed by atoms with Crippen molar-refractivity contribution in [3.8, 4) is 17.1 Å². The topological polar surface area (TPSA) is 67.3 Å². The van der Waals surface area contributed by atoms with Gasteiger partial charge in [0.25, 0.3) is 0 Å². The molecule has 6 heteroatoms. The first-order valence-corrected chi connectivity index (χ1v) is 10.7. The van der Waals surface area contributed by atoms with E-state index >= 15 is 0 Å². The molecule has 0 bridgehead atoms. The van der Waals surface area contributed by atoms with Crippen LogP contribution in [0.1, 0.15) is 24.0 Å². The number of amides is 1. The molecular formula is C25H28N4O2. The van der Waals surface area contributed by atoms with Gasteiger partial charge in [-0.3, -0.25) is 4.79 Å². The molecule has 31 heavy (non-hydrogen) atoms. The molecule has 0 spiro atoms. The third-order valence-electron chi connectivity index (χ3n) is 5.67. The predicted octanol–water partition coefficient (Wildman–Crippen LogP) is 3.99. The lowest BCUT2D eigenvalue weighted by molar-refractivity contribution is -0.125. The number of hydrogen-bond acceptors (Lipinski definition) is 5. The fraction of sp³-hybridized carbons (Fsp3) is 0.320. The van der Waals surface area contributed by atoms with E-state index in [4.69, 9.17) is 9.72 Å². The standard InChI is InChI=1S/C25H28N4O2/c1-18-8-10-20(11-9-18)24-26-13-12-23(28-24)29-14-4-6-21(17-29)25(30)27-16-19-5-3-7-22(15-19)31-2/h3,5,7-13,15,21H,4,6,14,16-17H2,1-2H3,(H,27,30)/t21-/m1/s1. The van der Waals surface area contributed by atoms with Gasteiger partial charge in [-0.2, -0.15) is 0 Å². The first-order chi connectivity index (χ1) is 15.1. The number of anilines is 1. The third-order valence-corrected chi connectivity index (χ3v) is 5.67. The van der Waals surface area contributed by atoms with Gasteiger partial charge in [0.1, 0.15) is 11.6 Å². The number of aryl methyl sites for hydroxylation is 1. The average molecular weight is 417 g/mol. The number of carbonyl (C=O) groups is 1. The van der Waals surface area contributed by atoms with Gasteiger partial charge in [0, 0.05) is 31.4 Å². The van der Waals surface area contributed by atoms with Crippen LogP contribution in [0.5, 0.6) is 5.75 Å². The molecule has 1 aliphatic heterocycles. The van der Waals surface area contributed by atoms with Crippen LogP contribution >= 0.6 is 0 Å². The van der Waals surface area contributed by atoms with Crippen molar-refractivity contribution in [3.63, 3.8) is 0 Å². The minimum atomic E-state index is -0.0582. The summed E-state index contributed by atoms with van der Waals surface area (Å²) in [6, 6.07) is 17.9. The number of nitrogens with zero attached hydrogens (tertiary/aromatic N) is 3. The van der Waals surface area contributed by atoms with Crippen LogP contribution in [0.2, 0.25) is 0 Å². The summed E-state index contributed by atoms with van der Waals surface area (Å²) in [5, 5.41) is 3.08. The van der Waals surface area contributed by atoms with Crippen LogP contribution in [0.25, 0.3) is 11.4 Å². The Hall–Kier alpha value is -3.41. The molecule has 3 aromatic rings. The summed E-state index contributed by atoms with van der Waals surface area (Å²) < 4.78 is 5.26. The van der Waals surface area contributed by atoms with Gasteiger partial charge in [-0.15, -0.1) is 0 Å². The Bertz CT molecular complexity index is 1040. The van der Waals surface area contributed by atoms with Gasteiger partial charge in [0.15, 0.2) is 5.82 Å². The SMILES string of the molecule is COc1cccc(CNC(=O)[C@@H]2CCCN(c3ccnc(-c4ccc(C)cc4)n3)C2)c1. The molecule has 0 radical (unpaired) electrons. The minimum Gasteiger partial charge on any atom is -0.497 e. The number of methoxy groups -OCH3 is 1. The molecule has 1 amide bonds. The summed E-state index contributed by atoms with van der Waals surface area (Å²) in [5.74, 6) is 2.40. The Morgan fingerprint density at radius 2 is 2.03 bits per heavy atom. The number of ether oxygens (including phenoxy) is 1. The van der Waals surface area contributed by atoms with Crippen molar-refractivity contribution in [2.75, 3.05) is 25.1 Å². The number of benzene rings is 2. The highest BCUT2D eigenvalue weighted by Gasteiger charge is 2.26. The summed E-state index contributed by atoms with van der Waals surface area (Å²) in [6.45, 7) is 4.12. The molecule has 160 valence electrons. The lowest BCUT2D eigenvalue weighted by Gasteiger charge is -2.33. The fourth-order valence-corrected chi connectivity index (χ4v) is 3.88. The van der Waals surface area contributed by atoms with Gasteiger partial charge >= 0.3 is 0 Å². The van der Waals surface area contributed by atoms with Crippen LogP contribution in [0.4, 0.5) is 5.82 Å². The summed E-state index contributed by atoms with van der Waals surface area (Å²) >= 11 is 0. The van der Waals surface area contributed by atoms with E-state index in [9.17, 15) is 4.79 Å². The number of carbonyl (C=O) groups excluding carboxylic acids is 1. The maximum absolute atomic E-state index is 12.8. The molecule has 4 rings (SSSR count). The molecule has 2 heterocycles. The van der Waals surface area contributed by atoms with Crippen LogP contribution < -0.4 is 15.0 Å². The van der Waals surface area contributed by atoms with E-state index in [1.807, 2.05) is 42.5 Å². The van der Waals surface area contributed by atoms with E-state index < -0.39 is 0 Å². The van der Waals surface area contributed by atoms with E-state index in [1.165, 1.54) is 5.56 Å². The van der Waals surface area contributed by atoms with Crippen LogP contribution in [0.3, 0.4) is 0 Å². The van der Waals surface area contributed by atoms with Gasteiger partial charge in [-0.1, -0.05) is 42.0 Å². The molecule has 1 N–H and O–H groups in total. The molecule has 2 aromatic carbocycles. The zero-order chi connectivity index (χ0) is 21.6. The average Bonchev–Trinajstić information content (AvgIpc) is 2.83. The maximum atomic E-state index is 12.8. The normalized spacial score (nSPS) is 16.1. The van der Waals surface area contributed by atoms with Crippen LogP contribution in [-0.2, 0) is 11.3 Å². The van der Waals surface area contributed by atoms with Crippen molar-refractivity contribution in [2.24, 2.45) is 5.92 Å². The van der Waals surface area contributed by atoms with Gasteiger partial charge in [0.2, 0.25) is 5.91 Å². The van der Waals surface area contributed by atoms with Crippen molar-refractivity contribution in [2.45, 2.75) is 26.3 Å². The monoisotopic (exact) mass is 416 g/mol. The molecule has 1 fully saturated rings. The second-order valence-electron chi connectivity index (χ2n) is 7.96. The molecule has 1 aromatic heterocycles. The summed E-state index contributed by atoms with van der Waals surface area (Å²) in [6.07, 6.45) is 3.64. The van der Waals surface area contributed by atoms with Gasteiger partial charge in [-0.05, 0) is 43.5 Å². The molecule has 0 aliphatic carbocycles. The third kappa shape index (κ3) is 5.20. The first-order valence-electron chi connectivity index (χ1n) is 10.7. The minimum absolute atomic E-state index is 0.0582. The Balaban J connectivity index is 1.40. The molecule has 6 nitrogen and oxygen atoms in total. The van der Waals surface area contributed by atoms with E-state index in [0.717, 1.165) is 42.1 Å². The smallest absolute Gasteiger partial charge is 0.225 e. The number of rotatable bonds is 6. The van der Waals surface area contributed by atoms with Gasteiger partial charge in [0.05, 0.1) is 13.0 Å². The van der Waals surface area contributed by atoms with Crippen molar-refractivity contribution in [1.82, 2.24) is 15.3 Å². The summed E-state index contributed by atoms with van der Waals surface area (Å²) in [4.78, 5) is 24.2. The Morgan fingerprint density at radius 1 is 1.19 bits per heavy atom. The van der Waals surface area contributed by atoms with Gasteiger partial charge < -0.3 is 15.0 Å². The lowest BCUT2D eigenvalue weighted by Crippen LogP contribution is -2.43. The predicted molar refractivity (Wildman–Crippen MR) is 122 cm³/mol. The molecule has 0 saturated carbocycles. The summed E-state index contributed by atoms with van der Waals surface area (Å²) in [5.41, 5.74) is 3.23. The van der Waals surface area contributed by atoms with Crippen molar-refractivity contribution < 1.29 is 9.53 Å². The quantitative estimate of drug-likeness (QED) is 0.658. The first kappa shape index (κ1) is 20.8. The highest BCUT2D eigenvalue weighted by Crippen LogP contribution is 2.24. The summed E-state index contributed by atoms with van der Waals surface area (Å²) in [7, 11) is 1.64. The van der Waals surface area contributed by atoms with E-state index in [-0.39, 0.29) is 11.8 Å². The number of piperidine rings is 1. The Kier molecular flexibility index (Phi) is 6.46. The van der Waals surface area contributed by atoms with Crippen LogP contribution in [0.15, 0.2) is 60.8 Å². The van der Waals surface area contributed by atoms with Crippen LogP contribution in [-0.4, -0.2) is 36.1 Å². The van der Waals surface area contributed by atoms with Crippen molar-refractivity contribution >= 4 is 11.7 Å². The van der Waals surface area contributed by atoms with Gasteiger partial charge in [-0.25, -0.2) is 9.97 Å². The van der Waals surface area contributed by atoms with Crippen molar-refractivity contribution in [1.29, 1.82) is 0 Å². The lowest BCUT2D eigenvalue weighted by atomic mass is 9.97. The molecular weight excluding hydrogens is 388 g/mol. The largest absolute Gasteiger partial charge is 0.497 e. The number of nitrogens with one attached hydrogen (secondary N) is 1. The van der Waals surface area contributed by atoms with E-state index in [1.54, 1.807) is 13.3 Å². The Morgan fingerprint density at radius 3 is 2.84 bits per heavy atom. The highest BCUT2D eigenvalue weighted by atomic mass is 16.5. The molecule has 1 aliphatic rings. The second-order valence-corrected chi connectivity index (χ2v) is 7.96. The Labute approximate surface area is 183 Å². The zero-order valence-corrected chi connectivity index (χ0v) is 18.0. The second kappa shape index (κ2) is 9.60. The number of hydrogen-bond donors (Lipinski definition) is 1. The fourth-order valence-electron chi connectivity index (χ4n) is 3.88. The highest BCUT2D eigenvalue weighted by molar-refractivity contribution is 5.79. The maximum Gasteiger partial charge on any atom is 0.225 e. The molecule has 0 unspecified atom stereocenters. The van der Waals surface area contributed by atoms with E-state index in [2.05, 4.69) is 34.3 Å². The number of aromatic nitrogens is 2. The van der Waals surface area contributed by atoms with E-state index in [0.29, 0.717) is 18.9 Å². The molecule has 1 saturated heterocycles. The molecule has 1 atom stereocenters. The van der Waals surface area contributed by atoms with Crippen LogP contribution in [0, 0.1) is 12.8 Å². The zero-order valence-electron chi connectivity index (χ0n) is 18.0. The van der Waals surface area contributed by atoms with Crippen molar-refractivity contribution in [3.05, 3.63) is 71.9 Å².